The molecule has 0 unspecified atom stereocenters. The monoisotopic (exact) mass is 453 g/mol. The van der Waals surface area contributed by atoms with Gasteiger partial charge in [-0.2, -0.15) is 0 Å². The molecule has 1 aliphatic carbocycles. The van der Waals surface area contributed by atoms with Crippen LogP contribution in [0.3, 0.4) is 0 Å². The smallest absolute Gasteiger partial charge is 0.250 e. The van der Waals surface area contributed by atoms with Gasteiger partial charge in [-0.05, 0) is 55.6 Å². The number of H-pyrrole nitrogens is 1. The summed E-state index contributed by atoms with van der Waals surface area (Å²) in [5.41, 5.74) is 5.44. The fourth-order valence-corrected chi connectivity index (χ4v) is 4.06. The molecule has 0 aliphatic heterocycles. The molecule has 1 aliphatic rings. The average Bonchev–Trinajstić information content (AvgIpc) is 3.56. The maximum Gasteiger partial charge on any atom is 0.250 e. The Morgan fingerprint density at radius 1 is 1.18 bits per heavy atom. The summed E-state index contributed by atoms with van der Waals surface area (Å²) in [6, 6.07) is 13.3. The summed E-state index contributed by atoms with van der Waals surface area (Å²) in [4.78, 5) is 32.3. The fourth-order valence-electron chi connectivity index (χ4n) is 4.06. The van der Waals surface area contributed by atoms with E-state index in [1.54, 1.807) is 12.1 Å². The third-order valence-corrected chi connectivity index (χ3v) is 6.03. The number of benzene rings is 1. The number of hydrogen-bond acceptors (Lipinski definition) is 4. The molecule has 0 radical (unpaired) electrons. The van der Waals surface area contributed by atoms with Crippen LogP contribution in [0, 0.1) is 5.92 Å². The van der Waals surface area contributed by atoms with Crippen molar-refractivity contribution in [1.82, 2.24) is 19.9 Å². The number of carbonyl (C=O) groups excluding carboxylic acids is 1. The lowest BCUT2D eigenvalue weighted by molar-refractivity contribution is -0.111. The van der Waals surface area contributed by atoms with E-state index in [9.17, 15) is 9.59 Å². The predicted molar refractivity (Wildman–Crippen MR) is 136 cm³/mol. The second kappa shape index (κ2) is 9.49. The number of pyridine rings is 2. The minimum atomic E-state index is -0.171. The summed E-state index contributed by atoms with van der Waals surface area (Å²) >= 11 is 0. The molecule has 0 spiro atoms. The highest BCUT2D eigenvalue weighted by Gasteiger charge is 2.22. The summed E-state index contributed by atoms with van der Waals surface area (Å²) in [5, 5.41) is 6.85. The van der Waals surface area contributed by atoms with Gasteiger partial charge in [-0.3, -0.25) is 9.59 Å². The number of anilines is 1. The normalized spacial score (nSPS) is 13.6. The average molecular weight is 454 g/mol. The van der Waals surface area contributed by atoms with Crippen molar-refractivity contribution in [3.63, 3.8) is 0 Å². The Morgan fingerprint density at radius 3 is 2.88 bits per heavy atom. The second-order valence-corrected chi connectivity index (χ2v) is 8.70. The molecule has 3 aromatic heterocycles. The van der Waals surface area contributed by atoms with E-state index < -0.39 is 0 Å². The minimum absolute atomic E-state index is 0.0361. The SMILES string of the molecule is CNCC=CC(=O)Nc1cccc(-c2cnc3[nH]cc(-c4ccc(=O)n(CC5CC5)c4)c3c2)c1. The van der Waals surface area contributed by atoms with Crippen LogP contribution in [-0.4, -0.2) is 34.0 Å². The molecule has 0 bridgehead atoms. The van der Waals surface area contributed by atoms with Crippen LogP contribution in [0.25, 0.3) is 33.3 Å². The number of nitrogens with zero attached hydrogens (tertiary/aromatic N) is 2. The summed E-state index contributed by atoms with van der Waals surface area (Å²) in [7, 11) is 1.83. The Kier molecular flexibility index (Phi) is 6.10. The molecule has 34 heavy (non-hydrogen) atoms. The van der Waals surface area contributed by atoms with E-state index in [1.165, 1.54) is 18.9 Å². The van der Waals surface area contributed by atoms with Gasteiger partial charge in [0.15, 0.2) is 0 Å². The zero-order valence-corrected chi connectivity index (χ0v) is 19.0. The molecule has 1 amide bonds. The summed E-state index contributed by atoms with van der Waals surface area (Å²) in [5.74, 6) is 0.450. The Hall–Kier alpha value is -3.97. The van der Waals surface area contributed by atoms with Gasteiger partial charge in [-0.15, -0.1) is 0 Å². The lowest BCUT2D eigenvalue weighted by Gasteiger charge is -2.08. The molecule has 172 valence electrons. The molecular formula is C27H27N5O2. The van der Waals surface area contributed by atoms with Crippen LogP contribution in [0.2, 0.25) is 0 Å². The first-order chi connectivity index (χ1) is 16.6. The van der Waals surface area contributed by atoms with Gasteiger partial charge in [0.1, 0.15) is 5.65 Å². The van der Waals surface area contributed by atoms with Crippen LogP contribution in [0.1, 0.15) is 12.8 Å². The van der Waals surface area contributed by atoms with Gasteiger partial charge in [0.05, 0.1) is 0 Å². The number of rotatable bonds is 8. The highest BCUT2D eigenvalue weighted by atomic mass is 16.1. The van der Waals surface area contributed by atoms with Crippen LogP contribution in [-0.2, 0) is 11.3 Å². The number of amides is 1. The summed E-state index contributed by atoms with van der Waals surface area (Å²) in [6.45, 7) is 1.41. The highest BCUT2D eigenvalue weighted by Crippen LogP contribution is 2.33. The molecule has 7 heteroatoms. The van der Waals surface area contributed by atoms with Crippen LogP contribution in [0.4, 0.5) is 5.69 Å². The first kappa shape index (κ1) is 21.9. The van der Waals surface area contributed by atoms with E-state index in [-0.39, 0.29) is 11.5 Å². The lowest BCUT2D eigenvalue weighted by Crippen LogP contribution is -2.19. The van der Waals surface area contributed by atoms with Gasteiger partial charge in [0, 0.05) is 71.6 Å². The van der Waals surface area contributed by atoms with Crippen LogP contribution >= 0.6 is 0 Å². The number of hydrogen-bond donors (Lipinski definition) is 3. The van der Waals surface area contributed by atoms with Crippen LogP contribution in [0.15, 0.2) is 78.0 Å². The van der Waals surface area contributed by atoms with Gasteiger partial charge in [-0.25, -0.2) is 4.98 Å². The zero-order chi connectivity index (χ0) is 23.5. The van der Waals surface area contributed by atoms with Crippen molar-refractivity contribution >= 4 is 22.6 Å². The van der Waals surface area contributed by atoms with Crippen molar-refractivity contribution in [2.75, 3.05) is 18.9 Å². The Morgan fingerprint density at radius 2 is 2.06 bits per heavy atom. The van der Waals surface area contributed by atoms with Crippen LogP contribution < -0.4 is 16.2 Å². The Labute approximate surface area is 197 Å². The van der Waals surface area contributed by atoms with Gasteiger partial charge in [-0.1, -0.05) is 18.2 Å². The summed E-state index contributed by atoms with van der Waals surface area (Å²) in [6.07, 6.45) is 11.4. The molecule has 0 atom stereocenters. The van der Waals surface area contributed by atoms with E-state index in [1.807, 2.05) is 60.5 Å². The van der Waals surface area contributed by atoms with Crippen molar-refractivity contribution in [3.05, 3.63) is 83.6 Å². The molecule has 3 heterocycles. The number of aromatic amines is 1. The minimum Gasteiger partial charge on any atom is -0.346 e. The fraction of sp³-hybridized carbons (Fsp3) is 0.222. The second-order valence-electron chi connectivity index (χ2n) is 8.70. The molecule has 0 saturated heterocycles. The highest BCUT2D eigenvalue weighted by molar-refractivity contribution is 6.00. The van der Waals surface area contributed by atoms with Crippen molar-refractivity contribution in [3.8, 4) is 22.3 Å². The molecule has 1 fully saturated rings. The number of nitrogens with one attached hydrogen (secondary N) is 3. The van der Waals surface area contributed by atoms with E-state index in [4.69, 9.17) is 0 Å². The van der Waals surface area contributed by atoms with Gasteiger partial charge >= 0.3 is 0 Å². The molecule has 3 N–H and O–H groups in total. The first-order valence-corrected chi connectivity index (χ1v) is 11.5. The predicted octanol–water partition coefficient (Wildman–Crippen LogP) is 4.18. The lowest BCUT2D eigenvalue weighted by atomic mass is 10.0. The van der Waals surface area contributed by atoms with E-state index in [0.29, 0.717) is 12.5 Å². The van der Waals surface area contributed by atoms with E-state index in [2.05, 4.69) is 26.7 Å². The van der Waals surface area contributed by atoms with Crippen molar-refractivity contribution in [2.24, 2.45) is 5.92 Å². The largest absolute Gasteiger partial charge is 0.346 e. The van der Waals surface area contributed by atoms with Gasteiger partial charge < -0.3 is 20.2 Å². The first-order valence-electron chi connectivity index (χ1n) is 11.5. The maximum absolute atomic E-state index is 12.3. The van der Waals surface area contributed by atoms with Gasteiger partial charge in [0.2, 0.25) is 5.91 Å². The van der Waals surface area contributed by atoms with E-state index in [0.717, 1.165) is 45.5 Å². The summed E-state index contributed by atoms with van der Waals surface area (Å²) < 4.78 is 1.82. The zero-order valence-electron chi connectivity index (χ0n) is 19.0. The van der Waals surface area contributed by atoms with Crippen molar-refractivity contribution < 1.29 is 4.79 Å². The molecular weight excluding hydrogens is 426 g/mol. The molecule has 1 saturated carbocycles. The van der Waals surface area contributed by atoms with Crippen molar-refractivity contribution in [1.29, 1.82) is 0 Å². The van der Waals surface area contributed by atoms with Crippen LogP contribution in [0.5, 0.6) is 0 Å². The molecule has 5 rings (SSSR count). The molecule has 4 aromatic rings. The third-order valence-electron chi connectivity index (χ3n) is 6.03. The maximum atomic E-state index is 12.3. The topological polar surface area (TPSA) is 91.8 Å². The molecule has 1 aromatic carbocycles. The standard InChI is InChI=1S/C27H27N5O2/c1-28-11-3-6-25(33)31-22-5-2-4-19(12-22)21-13-23-24(15-30-27(23)29-14-21)20-9-10-26(34)32(17-20)16-18-7-8-18/h2-6,9-10,12-15,17-18,28H,7-8,11,16H2,1H3,(H,29,30)(H,31,33). The third kappa shape index (κ3) is 4.84. The quantitative estimate of drug-likeness (QED) is 0.349. The number of fused-ring (bicyclic) bond motifs is 1. The molecule has 7 nitrogen and oxygen atoms in total. The van der Waals surface area contributed by atoms with Gasteiger partial charge in [0.25, 0.3) is 5.56 Å². The Bertz CT molecular complexity index is 1430. The van der Waals surface area contributed by atoms with Crippen molar-refractivity contribution in [2.45, 2.75) is 19.4 Å². The number of carbonyl (C=O) groups is 1. The number of aromatic nitrogens is 3. The number of likely N-dealkylation sites (N-methyl/N-ethyl adjacent to an activating group) is 1. The van der Waals surface area contributed by atoms with E-state index >= 15 is 0 Å². The Balaban J connectivity index is 1.45.